The van der Waals surface area contributed by atoms with Crippen molar-refractivity contribution in [3.8, 4) is 0 Å². The zero-order valence-electron chi connectivity index (χ0n) is 8.38. The molecule has 0 heterocycles. The Morgan fingerprint density at radius 1 is 1.36 bits per heavy atom. The zero-order chi connectivity index (χ0) is 10.8. The first-order valence-corrected chi connectivity index (χ1v) is 4.85. The highest BCUT2D eigenvalue weighted by molar-refractivity contribution is 5.92. The minimum atomic E-state index is -0.843. The fraction of sp³-hybridized carbons (Fsp3) is 0.778. The Kier molecular flexibility index (Phi) is 3.10. The molecular weight excluding hydrogens is 182 g/mol. The van der Waals surface area contributed by atoms with Gasteiger partial charge in [0.15, 0.2) is 0 Å². The average molecular weight is 199 g/mol. The Balaban J connectivity index is 2.70. The summed E-state index contributed by atoms with van der Waals surface area (Å²) in [7, 11) is 0. The summed E-state index contributed by atoms with van der Waals surface area (Å²) in [4.78, 5) is 22.6. The van der Waals surface area contributed by atoms with Crippen LogP contribution in [0.1, 0.15) is 32.6 Å². The van der Waals surface area contributed by atoms with E-state index in [4.69, 9.17) is 11.5 Å². The van der Waals surface area contributed by atoms with Gasteiger partial charge in [-0.2, -0.15) is 0 Å². The molecule has 0 aromatic heterocycles. The first kappa shape index (κ1) is 11.0. The lowest BCUT2D eigenvalue weighted by atomic mass is 9.96. The summed E-state index contributed by atoms with van der Waals surface area (Å²) in [5.74, 6) is -0.769. The third-order valence-corrected chi connectivity index (χ3v) is 2.70. The molecule has 0 aromatic rings. The van der Waals surface area contributed by atoms with Crippen molar-refractivity contribution in [1.82, 2.24) is 5.32 Å². The molecule has 0 aliphatic heterocycles. The van der Waals surface area contributed by atoms with Gasteiger partial charge in [0, 0.05) is 0 Å². The van der Waals surface area contributed by atoms with Crippen LogP contribution in [0.3, 0.4) is 0 Å². The van der Waals surface area contributed by atoms with E-state index < -0.39 is 17.5 Å². The van der Waals surface area contributed by atoms with Gasteiger partial charge in [-0.15, -0.1) is 0 Å². The monoisotopic (exact) mass is 199 g/mol. The molecule has 1 fully saturated rings. The number of nitrogens with two attached hydrogens (primary N) is 2. The Bertz CT molecular complexity index is 244. The van der Waals surface area contributed by atoms with E-state index >= 15 is 0 Å². The van der Waals surface area contributed by atoms with Gasteiger partial charge < -0.3 is 16.8 Å². The van der Waals surface area contributed by atoms with Gasteiger partial charge in [0.25, 0.3) is 0 Å². The molecule has 1 aliphatic rings. The molecule has 0 radical (unpaired) electrons. The molecule has 1 saturated carbocycles. The second kappa shape index (κ2) is 3.96. The summed E-state index contributed by atoms with van der Waals surface area (Å²) >= 11 is 0. The second-order valence-electron chi connectivity index (χ2n) is 3.93. The van der Waals surface area contributed by atoms with E-state index in [0.29, 0.717) is 12.8 Å². The summed E-state index contributed by atoms with van der Waals surface area (Å²) < 4.78 is 0. The van der Waals surface area contributed by atoms with E-state index in [1.165, 1.54) is 0 Å². The molecular formula is C9H17N3O2. The Hall–Kier alpha value is -1.10. The van der Waals surface area contributed by atoms with Crippen LogP contribution in [0.5, 0.6) is 0 Å². The van der Waals surface area contributed by atoms with E-state index in [2.05, 4.69) is 5.32 Å². The molecule has 5 N–H and O–H groups in total. The summed E-state index contributed by atoms with van der Waals surface area (Å²) in [5, 5.41) is 2.65. The predicted octanol–water partition coefficient (Wildman–Crippen LogP) is -0.752. The molecule has 14 heavy (non-hydrogen) atoms. The Labute approximate surface area is 83.2 Å². The van der Waals surface area contributed by atoms with Gasteiger partial charge >= 0.3 is 0 Å². The third-order valence-electron chi connectivity index (χ3n) is 2.70. The van der Waals surface area contributed by atoms with Crippen molar-refractivity contribution in [2.24, 2.45) is 11.5 Å². The fourth-order valence-corrected chi connectivity index (χ4v) is 1.76. The van der Waals surface area contributed by atoms with Crippen LogP contribution < -0.4 is 16.8 Å². The SMILES string of the molecule is C[C@H](N)C(=O)NC1(C(N)=O)CCCC1. The zero-order valence-corrected chi connectivity index (χ0v) is 8.38. The summed E-state index contributed by atoms with van der Waals surface area (Å²) in [6.45, 7) is 1.58. The molecule has 2 amide bonds. The molecule has 0 aromatic carbocycles. The van der Waals surface area contributed by atoms with Gasteiger partial charge in [0.05, 0.1) is 6.04 Å². The average Bonchev–Trinajstić information content (AvgIpc) is 2.53. The highest BCUT2D eigenvalue weighted by Crippen LogP contribution is 2.29. The van der Waals surface area contributed by atoms with Gasteiger partial charge in [-0.25, -0.2) is 0 Å². The number of hydrogen-bond acceptors (Lipinski definition) is 3. The second-order valence-corrected chi connectivity index (χ2v) is 3.93. The fourth-order valence-electron chi connectivity index (χ4n) is 1.76. The molecule has 1 aliphatic carbocycles. The maximum Gasteiger partial charge on any atom is 0.243 e. The molecule has 80 valence electrons. The maximum atomic E-state index is 11.4. The van der Waals surface area contributed by atoms with Crippen LogP contribution in [0.2, 0.25) is 0 Å². The molecule has 1 atom stereocenters. The maximum absolute atomic E-state index is 11.4. The number of carbonyl (C=O) groups excluding carboxylic acids is 2. The number of hydrogen-bond donors (Lipinski definition) is 3. The Morgan fingerprint density at radius 3 is 2.21 bits per heavy atom. The van der Waals surface area contributed by atoms with Crippen molar-refractivity contribution in [3.63, 3.8) is 0 Å². The first-order valence-electron chi connectivity index (χ1n) is 4.85. The number of amides is 2. The van der Waals surface area contributed by atoms with Gasteiger partial charge in [0.2, 0.25) is 11.8 Å². The van der Waals surface area contributed by atoms with Crippen molar-refractivity contribution < 1.29 is 9.59 Å². The molecule has 0 spiro atoms. The van der Waals surface area contributed by atoms with Gasteiger partial charge in [0.1, 0.15) is 5.54 Å². The smallest absolute Gasteiger partial charge is 0.243 e. The highest BCUT2D eigenvalue weighted by atomic mass is 16.2. The number of rotatable bonds is 3. The predicted molar refractivity (Wildman–Crippen MR) is 52.2 cm³/mol. The van der Waals surface area contributed by atoms with E-state index in [1.807, 2.05) is 0 Å². The van der Waals surface area contributed by atoms with Crippen LogP contribution >= 0.6 is 0 Å². The van der Waals surface area contributed by atoms with Crippen molar-refractivity contribution >= 4 is 11.8 Å². The molecule has 0 unspecified atom stereocenters. The van der Waals surface area contributed by atoms with Crippen molar-refractivity contribution in [2.75, 3.05) is 0 Å². The molecule has 5 nitrogen and oxygen atoms in total. The lowest BCUT2D eigenvalue weighted by molar-refractivity contribution is -0.131. The van der Waals surface area contributed by atoms with Crippen LogP contribution in [0.25, 0.3) is 0 Å². The van der Waals surface area contributed by atoms with Crippen molar-refractivity contribution in [2.45, 2.75) is 44.2 Å². The van der Waals surface area contributed by atoms with Crippen LogP contribution in [0.15, 0.2) is 0 Å². The minimum Gasteiger partial charge on any atom is -0.368 e. The van der Waals surface area contributed by atoms with Crippen LogP contribution in [0.4, 0.5) is 0 Å². The van der Waals surface area contributed by atoms with Crippen molar-refractivity contribution in [3.05, 3.63) is 0 Å². The first-order chi connectivity index (χ1) is 6.48. The highest BCUT2D eigenvalue weighted by Gasteiger charge is 2.41. The van der Waals surface area contributed by atoms with E-state index in [-0.39, 0.29) is 5.91 Å². The summed E-state index contributed by atoms with van der Waals surface area (Å²) in [6, 6.07) is -0.605. The topological polar surface area (TPSA) is 98.2 Å². The molecule has 0 saturated heterocycles. The summed E-state index contributed by atoms with van der Waals surface area (Å²) in [6.07, 6.45) is 3.09. The molecule has 1 rings (SSSR count). The lowest BCUT2D eigenvalue weighted by Crippen LogP contribution is -2.58. The Morgan fingerprint density at radius 2 is 1.86 bits per heavy atom. The molecule has 5 heteroatoms. The largest absolute Gasteiger partial charge is 0.368 e. The normalized spacial score (nSPS) is 21.6. The molecule has 0 bridgehead atoms. The van der Waals surface area contributed by atoms with E-state index in [0.717, 1.165) is 12.8 Å². The lowest BCUT2D eigenvalue weighted by Gasteiger charge is -2.27. The minimum absolute atomic E-state index is 0.314. The summed E-state index contributed by atoms with van der Waals surface area (Å²) in [5.41, 5.74) is 9.85. The quantitative estimate of drug-likeness (QED) is 0.557. The van der Waals surface area contributed by atoms with Gasteiger partial charge in [-0.1, -0.05) is 12.8 Å². The van der Waals surface area contributed by atoms with Crippen molar-refractivity contribution in [1.29, 1.82) is 0 Å². The van der Waals surface area contributed by atoms with Crippen LogP contribution in [0, 0.1) is 0 Å². The van der Waals surface area contributed by atoms with E-state index in [9.17, 15) is 9.59 Å². The van der Waals surface area contributed by atoms with Crippen LogP contribution in [-0.2, 0) is 9.59 Å². The number of primary amides is 1. The third kappa shape index (κ3) is 2.04. The van der Waals surface area contributed by atoms with E-state index in [1.54, 1.807) is 6.92 Å². The van der Waals surface area contributed by atoms with Crippen LogP contribution in [-0.4, -0.2) is 23.4 Å². The van der Waals surface area contributed by atoms with Gasteiger partial charge in [-0.3, -0.25) is 9.59 Å². The standard InChI is InChI=1S/C9H17N3O2/c1-6(10)7(13)12-9(8(11)14)4-2-3-5-9/h6H,2-5,10H2,1H3,(H2,11,14)(H,12,13)/t6-/m0/s1. The van der Waals surface area contributed by atoms with Gasteiger partial charge in [-0.05, 0) is 19.8 Å². The number of nitrogens with one attached hydrogen (secondary N) is 1. The number of carbonyl (C=O) groups is 2.